The topological polar surface area (TPSA) is 29.3 Å². The van der Waals surface area contributed by atoms with Crippen molar-refractivity contribution in [3.63, 3.8) is 0 Å². The average molecular weight is 247 g/mol. The summed E-state index contributed by atoms with van der Waals surface area (Å²) in [6.07, 6.45) is 3.90. The number of hydrogen-bond donors (Lipinski definition) is 1. The highest BCUT2D eigenvalue weighted by Gasteiger charge is 2.04. The van der Waals surface area contributed by atoms with Gasteiger partial charge in [0, 0.05) is 17.8 Å². The molecule has 0 atom stereocenters. The number of halogens is 1. The van der Waals surface area contributed by atoms with Crippen LogP contribution in [0.2, 0.25) is 0 Å². The van der Waals surface area contributed by atoms with E-state index in [2.05, 4.69) is 10.3 Å². The molecule has 3 nitrogen and oxygen atoms in total. The summed E-state index contributed by atoms with van der Waals surface area (Å²) >= 11 is 1.58. The molecule has 0 radical (unpaired) electrons. The number of benzene rings is 1. The number of para-hydroxylation sites is 1. The molecule has 2 aromatic heterocycles. The molecule has 3 aromatic rings. The largest absolute Gasteiger partial charge is 0.377 e. The first-order chi connectivity index (χ1) is 8.33. The molecule has 0 aliphatic carbocycles. The van der Waals surface area contributed by atoms with Crippen molar-refractivity contribution in [3.8, 4) is 0 Å². The quantitative estimate of drug-likeness (QED) is 0.770. The van der Waals surface area contributed by atoms with Crippen LogP contribution in [0.1, 0.15) is 5.69 Å². The van der Waals surface area contributed by atoms with Crippen LogP contribution >= 0.6 is 11.3 Å². The number of thiazole rings is 1. The van der Waals surface area contributed by atoms with Crippen molar-refractivity contribution >= 4 is 22.0 Å². The third-order valence-electron chi connectivity index (χ3n) is 2.48. The summed E-state index contributed by atoms with van der Waals surface area (Å²) in [4.78, 5) is 5.37. The van der Waals surface area contributed by atoms with Crippen LogP contribution in [0.15, 0.2) is 42.0 Å². The highest BCUT2D eigenvalue weighted by atomic mass is 32.1. The molecule has 0 fully saturated rings. The number of nitrogens with zero attached hydrogens (tertiary/aromatic N) is 2. The van der Waals surface area contributed by atoms with E-state index in [-0.39, 0.29) is 5.82 Å². The Labute approximate surface area is 102 Å². The Morgan fingerprint density at radius 3 is 3.06 bits per heavy atom. The fourth-order valence-electron chi connectivity index (χ4n) is 1.65. The van der Waals surface area contributed by atoms with Crippen LogP contribution in [0.3, 0.4) is 0 Å². The zero-order chi connectivity index (χ0) is 11.7. The summed E-state index contributed by atoms with van der Waals surface area (Å²) in [6, 6.07) is 6.63. The number of nitrogens with one attached hydrogen (secondary N) is 1. The molecule has 0 saturated carbocycles. The van der Waals surface area contributed by atoms with Gasteiger partial charge in [0.15, 0.2) is 4.96 Å². The minimum absolute atomic E-state index is 0.242. The Hall–Kier alpha value is -1.88. The molecule has 0 aliphatic heterocycles. The molecule has 0 bridgehead atoms. The maximum Gasteiger partial charge on any atom is 0.193 e. The van der Waals surface area contributed by atoms with Crippen molar-refractivity contribution in [2.24, 2.45) is 0 Å². The van der Waals surface area contributed by atoms with Gasteiger partial charge in [0.25, 0.3) is 0 Å². The molecule has 0 spiro atoms. The molecule has 0 saturated heterocycles. The van der Waals surface area contributed by atoms with Gasteiger partial charge in [0.05, 0.1) is 17.9 Å². The number of aromatic nitrogens is 2. The van der Waals surface area contributed by atoms with Gasteiger partial charge in [-0.1, -0.05) is 12.1 Å². The first kappa shape index (κ1) is 10.3. The van der Waals surface area contributed by atoms with Gasteiger partial charge in [0.1, 0.15) is 5.82 Å². The summed E-state index contributed by atoms with van der Waals surface area (Å²) in [6.45, 7) is 0.523. The fraction of sp³-hybridized carbons (Fsp3) is 0.0833. The Balaban J connectivity index is 1.76. The number of imidazole rings is 1. The SMILES string of the molecule is Fc1ccccc1NCc1cn2ccsc2n1. The normalized spacial score (nSPS) is 10.9. The van der Waals surface area contributed by atoms with E-state index in [1.807, 2.05) is 22.2 Å². The van der Waals surface area contributed by atoms with Crippen LogP contribution < -0.4 is 5.32 Å². The zero-order valence-electron chi connectivity index (χ0n) is 8.93. The minimum atomic E-state index is -0.242. The van der Waals surface area contributed by atoms with E-state index in [4.69, 9.17) is 0 Å². The third-order valence-corrected chi connectivity index (χ3v) is 3.25. The molecule has 0 unspecified atom stereocenters. The van der Waals surface area contributed by atoms with Gasteiger partial charge in [-0.25, -0.2) is 9.37 Å². The van der Waals surface area contributed by atoms with Crippen molar-refractivity contribution in [1.82, 2.24) is 9.38 Å². The van der Waals surface area contributed by atoms with Crippen LogP contribution in [0, 0.1) is 5.82 Å². The van der Waals surface area contributed by atoms with E-state index in [1.54, 1.807) is 29.5 Å². The molecule has 1 aromatic carbocycles. The highest BCUT2D eigenvalue weighted by Crippen LogP contribution is 2.15. The van der Waals surface area contributed by atoms with Gasteiger partial charge in [-0.2, -0.15) is 0 Å². The molecule has 5 heteroatoms. The van der Waals surface area contributed by atoms with E-state index in [0.717, 1.165) is 10.7 Å². The molecule has 17 heavy (non-hydrogen) atoms. The lowest BCUT2D eigenvalue weighted by Gasteiger charge is -2.04. The highest BCUT2D eigenvalue weighted by molar-refractivity contribution is 7.15. The lowest BCUT2D eigenvalue weighted by Crippen LogP contribution is -2.01. The van der Waals surface area contributed by atoms with E-state index in [1.165, 1.54) is 6.07 Å². The summed E-state index contributed by atoms with van der Waals surface area (Å²) in [5.41, 5.74) is 1.41. The maximum absolute atomic E-state index is 13.4. The van der Waals surface area contributed by atoms with E-state index in [0.29, 0.717) is 12.2 Å². The Bertz CT molecular complexity index is 615. The van der Waals surface area contributed by atoms with Crippen LogP contribution in [0.25, 0.3) is 4.96 Å². The summed E-state index contributed by atoms with van der Waals surface area (Å²) in [5.74, 6) is -0.242. The van der Waals surface area contributed by atoms with Crippen molar-refractivity contribution in [2.45, 2.75) is 6.54 Å². The summed E-state index contributed by atoms with van der Waals surface area (Å²) < 4.78 is 15.3. The van der Waals surface area contributed by atoms with Crippen LogP contribution in [0.5, 0.6) is 0 Å². The summed E-state index contributed by atoms with van der Waals surface area (Å²) in [7, 11) is 0. The van der Waals surface area contributed by atoms with Gasteiger partial charge >= 0.3 is 0 Å². The minimum Gasteiger partial charge on any atom is -0.377 e. The van der Waals surface area contributed by atoms with Gasteiger partial charge in [-0.15, -0.1) is 11.3 Å². The van der Waals surface area contributed by atoms with Gasteiger partial charge < -0.3 is 5.32 Å². The first-order valence-corrected chi connectivity index (χ1v) is 6.10. The molecular weight excluding hydrogens is 237 g/mol. The summed E-state index contributed by atoms with van der Waals surface area (Å²) in [5, 5.41) is 5.02. The predicted molar refractivity (Wildman–Crippen MR) is 66.8 cm³/mol. The van der Waals surface area contributed by atoms with Crippen molar-refractivity contribution < 1.29 is 4.39 Å². The number of rotatable bonds is 3. The van der Waals surface area contributed by atoms with E-state index < -0.39 is 0 Å². The third kappa shape index (κ3) is 2.01. The van der Waals surface area contributed by atoms with Crippen molar-refractivity contribution in [1.29, 1.82) is 0 Å². The molecule has 86 valence electrons. The average Bonchev–Trinajstić information content (AvgIpc) is 2.88. The predicted octanol–water partition coefficient (Wildman–Crippen LogP) is 3.15. The Morgan fingerprint density at radius 1 is 1.35 bits per heavy atom. The van der Waals surface area contributed by atoms with Crippen LogP contribution in [0.4, 0.5) is 10.1 Å². The molecule has 1 N–H and O–H groups in total. The second-order valence-electron chi connectivity index (χ2n) is 3.66. The van der Waals surface area contributed by atoms with Gasteiger partial charge in [0.2, 0.25) is 0 Å². The monoisotopic (exact) mass is 247 g/mol. The van der Waals surface area contributed by atoms with E-state index >= 15 is 0 Å². The van der Waals surface area contributed by atoms with E-state index in [9.17, 15) is 4.39 Å². The van der Waals surface area contributed by atoms with Crippen LogP contribution in [-0.2, 0) is 6.54 Å². The Kier molecular flexibility index (Phi) is 2.53. The lowest BCUT2D eigenvalue weighted by molar-refractivity contribution is 0.630. The van der Waals surface area contributed by atoms with Gasteiger partial charge in [-0.3, -0.25) is 4.40 Å². The number of hydrogen-bond acceptors (Lipinski definition) is 3. The molecular formula is C12H10FN3S. The number of fused-ring (bicyclic) bond motifs is 1. The second kappa shape index (κ2) is 4.18. The van der Waals surface area contributed by atoms with Crippen molar-refractivity contribution in [2.75, 3.05) is 5.32 Å². The van der Waals surface area contributed by atoms with Crippen molar-refractivity contribution in [3.05, 3.63) is 53.6 Å². The van der Waals surface area contributed by atoms with Crippen LogP contribution in [-0.4, -0.2) is 9.38 Å². The molecule has 0 amide bonds. The maximum atomic E-state index is 13.4. The standard InChI is InChI=1S/C12H10FN3S/c13-10-3-1-2-4-11(10)14-7-9-8-16-5-6-17-12(16)15-9/h1-6,8,14H,7H2. The second-order valence-corrected chi connectivity index (χ2v) is 4.53. The molecule has 3 rings (SSSR count). The molecule has 0 aliphatic rings. The zero-order valence-corrected chi connectivity index (χ0v) is 9.75. The Morgan fingerprint density at radius 2 is 2.24 bits per heavy atom. The lowest BCUT2D eigenvalue weighted by atomic mass is 10.3. The molecule has 2 heterocycles. The van der Waals surface area contributed by atoms with Gasteiger partial charge in [-0.05, 0) is 12.1 Å². The first-order valence-electron chi connectivity index (χ1n) is 5.22. The fourth-order valence-corrected chi connectivity index (χ4v) is 2.37. The smallest absolute Gasteiger partial charge is 0.193 e. The number of anilines is 1.